The van der Waals surface area contributed by atoms with Crippen molar-refractivity contribution < 1.29 is 0 Å². The number of thiophene rings is 1. The molecule has 1 aliphatic rings. The van der Waals surface area contributed by atoms with Gasteiger partial charge in [0, 0.05) is 37.6 Å². The Kier molecular flexibility index (Phi) is 3.75. The van der Waals surface area contributed by atoms with E-state index in [4.69, 9.17) is 5.73 Å². The first-order chi connectivity index (χ1) is 7.31. The van der Waals surface area contributed by atoms with Gasteiger partial charge in [-0.05, 0) is 18.5 Å². The van der Waals surface area contributed by atoms with Crippen LogP contribution in [0.4, 0.5) is 0 Å². The van der Waals surface area contributed by atoms with E-state index >= 15 is 0 Å². The van der Waals surface area contributed by atoms with Crippen LogP contribution >= 0.6 is 11.3 Å². The maximum atomic E-state index is 5.88. The lowest BCUT2D eigenvalue weighted by Gasteiger charge is -2.37. The van der Waals surface area contributed by atoms with Crippen LogP contribution in [0.1, 0.15) is 10.9 Å². The molecular weight excluding hydrogens is 206 g/mol. The second kappa shape index (κ2) is 5.07. The number of piperazine rings is 1. The van der Waals surface area contributed by atoms with E-state index in [0.29, 0.717) is 6.04 Å². The van der Waals surface area contributed by atoms with Gasteiger partial charge in [-0.3, -0.25) is 4.90 Å². The second-order valence-corrected chi connectivity index (χ2v) is 5.09. The summed E-state index contributed by atoms with van der Waals surface area (Å²) in [4.78, 5) is 6.28. The van der Waals surface area contributed by atoms with E-state index in [2.05, 4.69) is 34.4 Å². The molecule has 0 spiro atoms. The van der Waals surface area contributed by atoms with Gasteiger partial charge < -0.3 is 10.6 Å². The van der Waals surface area contributed by atoms with Gasteiger partial charge in [0.05, 0.1) is 6.04 Å². The summed E-state index contributed by atoms with van der Waals surface area (Å²) in [7, 11) is 2.18. The Hall–Kier alpha value is -0.420. The lowest BCUT2D eigenvalue weighted by Crippen LogP contribution is -2.47. The minimum absolute atomic E-state index is 0.429. The van der Waals surface area contributed by atoms with Gasteiger partial charge in [-0.25, -0.2) is 0 Å². The zero-order chi connectivity index (χ0) is 10.7. The first-order valence-corrected chi connectivity index (χ1v) is 6.35. The Morgan fingerprint density at radius 3 is 2.67 bits per heavy atom. The Labute approximate surface area is 95.5 Å². The molecule has 1 atom stereocenters. The smallest absolute Gasteiger partial charge is 0.0565 e. The molecule has 2 rings (SSSR count). The van der Waals surface area contributed by atoms with Crippen molar-refractivity contribution in [2.75, 3.05) is 39.8 Å². The van der Waals surface area contributed by atoms with E-state index in [1.54, 1.807) is 0 Å². The number of hydrogen-bond acceptors (Lipinski definition) is 4. The van der Waals surface area contributed by atoms with Crippen molar-refractivity contribution in [1.29, 1.82) is 0 Å². The van der Waals surface area contributed by atoms with E-state index in [1.165, 1.54) is 4.88 Å². The maximum absolute atomic E-state index is 5.88. The largest absolute Gasteiger partial charge is 0.329 e. The maximum Gasteiger partial charge on any atom is 0.0565 e. The Balaban J connectivity index is 2.01. The highest BCUT2D eigenvalue weighted by molar-refractivity contribution is 7.10. The summed E-state index contributed by atoms with van der Waals surface area (Å²) >= 11 is 1.81. The first kappa shape index (κ1) is 11.1. The van der Waals surface area contributed by atoms with Gasteiger partial charge in [0.25, 0.3) is 0 Å². The van der Waals surface area contributed by atoms with Crippen LogP contribution in [0, 0.1) is 0 Å². The number of rotatable bonds is 3. The molecule has 4 heteroatoms. The van der Waals surface area contributed by atoms with Crippen LogP contribution < -0.4 is 5.73 Å². The fraction of sp³-hybridized carbons (Fsp3) is 0.636. The molecule has 1 aromatic heterocycles. The molecule has 1 aromatic rings. The molecule has 84 valence electrons. The molecule has 0 bridgehead atoms. The van der Waals surface area contributed by atoms with Gasteiger partial charge in [0.15, 0.2) is 0 Å². The second-order valence-electron chi connectivity index (χ2n) is 4.11. The number of nitrogens with two attached hydrogens (primary N) is 1. The topological polar surface area (TPSA) is 32.5 Å². The molecule has 0 aliphatic carbocycles. The lowest BCUT2D eigenvalue weighted by molar-refractivity contribution is 0.116. The summed E-state index contributed by atoms with van der Waals surface area (Å²) in [5.74, 6) is 0. The quantitative estimate of drug-likeness (QED) is 0.833. The highest BCUT2D eigenvalue weighted by Crippen LogP contribution is 2.24. The van der Waals surface area contributed by atoms with Gasteiger partial charge >= 0.3 is 0 Å². The van der Waals surface area contributed by atoms with Crippen molar-refractivity contribution in [3.05, 3.63) is 22.4 Å². The van der Waals surface area contributed by atoms with E-state index < -0.39 is 0 Å². The van der Waals surface area contributed by atoms with Crippen molar-refractivity contribution in [3.63, 3.8) is 0 Å². The minimum Gasteiger partial charge on any atom is -0.329 e. The SMILES string of the molecule is CN1CCN(C(CN)c2cccs2)CC1. The first-order valence-electron chi connectivity index (χ1n) is 5.47. The fourth-order valence-electron chi connectivity index (χ4n) is 2.06. The minimum atomic E-state index is 0.429. The lowest BCUT2D eigenvalue weighted by atomic mass is 10.2. The van der Waals surface area contributed by atoms with Crippen LogP contribution in [0.2, 0.25) is 0 Å². The molecule has 0 aromatic carbocycles. The molecule has 0 saturated carbocycles. The molecular formula is C11H19N3S. The average Bonchev–Trinajstić information content (AvgIpc) is 2.75. The van der Waals surface area contributed by atoms with Crippen molar-refractivity contribution in [3.8, 4) is 0 Å². The van der Waals surface area contributed by atoms with E-state index in [0.717, 1.165) is 32.7 Å². The van der Waals surface area contributed by atoms with Gasteiger partial charge in [-0.1, -0.05) is 6.07 Å². The standard InChI is InChI=1S/C11H19N3S/c1-13-4-6-14(7-5-13)10(9-12)11-3-2-8-15-11/h2-3,8,10H,4-7,9,12H2,1H3. The summed E-state index contributed by atoms with van der Waals surface area (Å²) in [6, 6.07) is 4.73. The zero-order valence-electron chi connectivity index (χ0n) is 9.22. The summed E-state index contributed by atoms with van der Waals surface area (Å²) in [5, 5.41) is 2.13. The van der Waals surface area contributed by atoms with E-state index in [9.17, 15) is 0 Å². The number of nitrogens with zero attached hydrogens (tertiary/aromatic N) is 2. The third kappa shape index (κ3) is 2.58. The van der Waals surface area contributed by atoms with Crippen LogP contribution in [0.5, 0.6) is 0 Å². The highest BCUT2D eigenvalue weighted by Gasteiger charge is 2.22. The van der Waals surface area contributed by atoms with E-state index in [1.807, 2.05) is 11.3 Å². The average molecular weight is 225 g/mol. The van der Waals surface area contributed by atoms with Crippen LogP contribution in [0.15, 0.2) is 17.5 Å². The molecule has 1 fully saturated rings. The normalized spacial score (nSPS) is 21.7. The summed E-state index contributed by atoms with van der Waals surface area (Å²) in [5.41, 5.74) is 5.88. The monoisotopic (exact) mass is 225 g/mol. The molecule has 1 aliphatic heterocycles. The summed E-state index contributed by atoms with van der Waals surface area (Å²) < 4.78 is 0. The molecule has 0 radical (unpaired) electrons. The Morgan fingerprint density at radius 2 is 2.13 bits per heavy atom. The third-order valence-corrected chi connectivity index (χ3v) is 4.05. The molecule has 3 nitrogen and oxygen atoms in total. The number of likely N-dealkylation sites (N-methyl/N-ethyl adjacent to an activating group) is 1. The van der Waals surface area contributed by atoms with Crippen molar-refractivity contribution >= 4 is 11.3 Å². The van der Waals surface area contributed by atoms with E-state index in [-0.39, 0.29) is 0 Å². The number of hydrogen-bond donors (Lipinski definition) is 1. The van der Waals surface area contributed by atoms with Crippen LogP contribution in [0.25, 0.3) is 0 Å². The van der Waals surface area contributed by atoms with Crippen LogP contribution in [-0.2, 0) is 0 Å². The molecule has 15 heavy (non-hydrogen) atoms. The van der Waals surface area contributed by atoms with Gasteiger partial charge in [-0.15, -0.1) is 11.3 Å². The molecule has 1 unspecified atom stereocenters. The van der Waals surface area contributed by atoms with Gasteiger partial charge in [0.2, 0.25) is 0 Å². The summed E-state index contributed by atoms with van der Waals surface area (Å²) in [6.45, 7) is 5.31. The Morgan fingerprint density at radius 1 is 1.40 bits per heavy atom. The van der Waals surface area contributed by atoms with Gasteiger partial charge in [-0.2, -0.15) is 0 Å². The predicted octanol–water partition coefficient (Wildman–Crippen LogP) is 0.995. The predicted molar refractivity (Wildman–Crippen MR) is 65.2 cm³/mol. The summed E-state index contributed by atoms with van der Waals surface area (Å²) in [6.07, 6.45) is 0. The zero-order valence-corrected chi connectivity index (χ0v) is 10.0. The van der Waals surface area contributed by atoms with Crippen molar-refractivity contribution in [2.45, 2.75) is 6.04 Å². The van der Waals surface area contributed by atoms with Crippen molar-refractivity contribution in [1.82, 2.24) is 9.80 Å². The van der Waals surface area contributed by atoms with Crippen LogP contribution in [0.3, 0.4) is 0 Å². The third-order valence-electron chi connectivity index (χ3n) is 3.07. The Bertz CT molecular complexity index is 278. The highest BCUT2D eigenvalue weighted by atomic mass is 32.1. The molecule has 2 heterocycles. The van der Waals surface area contributed by atoms with Crippen LogP contribution in [-0.4, -0.2) is 49.6 Å². The molecule has 2 N–H and O–H groups in total. The molecule has 0 amide bonds. The van der Waals surface area contributed by atoms with Crippen molar-refractivity contribution in [2.24, 2.45) is 5.73 Å². The fourth-order valence-corrected chi connectivity index (χ4v) is 2.93. The molecule has 1 saturated heterocycles. The van der Waals surface area contributed by atoms with Gasteiger partial charge in [0.1, 0.15) is 0 Å².